The van der Waals surface area contributed by atoms with Crippen LogP contribution in [0.5, 0.6) is 0 Å². The van der Waals surface area contributed by atoms with Gasteiger partial charge in [-0.1, -0.05) is 6.07 Å². The maximum Gasteiger partial charge on any atom is 0.243 e. The van der Waals surface area contributed by atoms with Crippen molar-refractivity contribution in [3.8, 4) is 0 Å². The number of hydrogen-bond acceptors (Lipinski definition) is 5. The van der Waals surface area contributed by atoms with Gasteiger partial charge in [-0.25, -0.2) is 13.1 Å². The molecule has 2 fully saturated rings. The molecule has 1 heterocycles. The Morgan fingerprint density at radius 2 is 2.09 bits per heavy atom. The van der Waals surface area contributed by atoms with Crippen molar-refractivity contribution in [1.82, 2.24) is 4.72 Å². The molecule has 22 heavy (non-hydrogen) atoms. The first-order chi connectivity index (χ1) is 10.6. The van der Waals surface area contributed by atoms with E-state index in [9.17, 15) is 13.5 Å². The topological polar surface area (TPSA) is 91.1 Å². The van der Waals surface area contributed by atoms with Gasteiger partial charge in [0.1, 0.15) is 16.3 Å². The van der Waals surface area contributed by atoms with E-state index in [4.69, 9.17) is 0 Å². The first-order valence-electron chi connectivity index (χ1n) is 7.44. The van der Waals surface area contributed by atoms with Crippen molar-refractivity contribution in [3.63, 3.8) is 0 Å². The molecule has 0 spiro atoms. The van der Waals surface area contributed by atoms with Gasteiger partial charge in [0.05, 0.1) is 11.4 Å². The lowest BCUT2D eigenvalue weighted by molar-refractivity contribution is 0.153. The highest BCUT2D eigenvalue weighted by atomic mass is 32.2. The second-order valence-corrected chi connectivity index (χ2v) is 8.43. The van der Waals surface area contributed by atoms with Gasteiger partial charge in [0.25, 0.3) is 0 Å². The molecule has 0 unspecified atom stereocenters. The Bertz CT molecular complexity index is 787. The van der Waals surface area contributed by atoms with Crippen LogP contribution in [0.4, 0.5) is 11.4 Å². The maximum atomic E-state index is 12.8. The molecule has 2 bridgehead atoms. The smallest absolute Gasteiger partial charge is 0.243 e. The maximum absolute atomic E-state index is 12.8. The van der Waals surface area contributed by atoms with E-state index in [1.807, 2.05) is 0 Å². The third-order valence-electron chi connectivity index (χ3n) is 5.13. The lowest BCUT2D eigenvalue weighted by Gasteiger charge is -2.30. The molecule has 118 valence electrons. The lowest BCUT2D eigenvalue weighted by atomic mass is 9.86. The van der Waals surface area contributed by atoms with Gasteiger partial charge in [-0.2, -0.15) is 8.73 Å². The number of rotatable bonds is 4. The van der Waals surface area contributed by atoms with E-state index in [1.54, 1.807) is 18.2 Å². The zero-order valence-electron chi connectivity index (χ0n) is 11.8. The zero-order chi connectivity index (χ0) is 15.3. The van der Waals surface area contributed by atoms with Gasteiger partial charge in [-0.3, -0.25) is 0 Å². The van der Waals surface area contributed by atoms with Gasteiger partial charge in [-0.15, -0.1) is 0 Å². The molecular formula is C14H17N3O3S2. The molecule has 8 heteroatoms. The summed E-state index contributed by atoms with van der Waals surface area (Å²) in [7, 11) is -3.66. The molecule has 1 aromatic carbocycles. The average molecular weight is 339 g/mol. The normalized spacial score (nSPS) is 32.2. The molecule has 0 saturated heterocycles. The van der Waals surface area contributed by atoms with Gasteiger partial charge in [-0.05, 0) is 43.2 Å². The minimum atomic E-state index is -3.66. The summed E-state index contributed by atoms with van der Waals surface area (Å²) in [5.41, 5.74) is 1.02. The van der Waals surface area contributed by atoms with Crippen LogP contribution in [0.3, 0.4) is 0 Å². The Morgan fingerprint density at radius 1 is 1.27 bits per heavy atom. The van der Waals surface area contributed by atoms with Crippen LogP contribution in [0.25, 0.3) is 0 Å². The summed E-state index contributed by atoms with van der Waals surface area (Å²) in [5.74, 6) is 0.811. The standard InChI is InChI=1S/C14H17N3O3S2/c18-7-10-8-4-5-9(6-8)13(10)17-22(19,20)12-3-1-2-11-14(12)16-21-15-11/h1-3,8-10,13,17-18H,4-7H2/t8-,9-,10+,13+/m0/s1. The van der Waals surface area contributed by atoms with Crippen molar-refractivity contribution in [2.45, 2.75) is 30.2 Å². The molecule has 2 N–H and O–H groups in total. The van der Waals surface area contributed by atoms with E-state index in [-0.39, 0.29) is 23.5 Å². The van der Waals surface area contributed by atoms with Crippen molar-refractivity contribution in [2.24, 2.45) is 26.5 Å². The molecule has 2 aliphatic carbocycles. The van der Waals surface area contributed by atoms with Crippen molar-refractivity contribution >= 4 is 32.8 Å². The minimum Gasteiger partial charge on any atom is -0.396 e. The second-order valence-electron chi connectivity index (χ2n) is 6.21. The van der Waals surface area contributed by atoms with Crippen molar-refractivity contribution in [1.29, 1.82) is 0 Å². The first kappa shape index (κ1) is 14.5. The zero-order valence-corrected chi connectivity index (χ0v) is 13.5. The van der Waals surface area contributed by atoms with Crippen molar-refractivity contribution in [3.05, 3.63) is 18.2 Å². The Labute approximate surface area is 132 Å². The predicted octanol–water partition coefficient (Wildman–Crippen LogP) is 2.10. The van der Waals surface area contributed by atoms with Crippen LogP contribution in [0.15, 0.2) is 31.8 Å². The van der Waals surface area contributed by atoms with Gasteiger partial charge >= 0.3 is 0 Å². The lowest BCUT2D eigenvalue weighted by Crippen LogP contribution is -2.45. The molecule has 6 nitrogen and oxygen atoms in total. The van der Waals surface area contributed by atoms with Crippen LogP contribution in [0.1, 0.15) is 19.3 Å². The number of sulfonamides is 1. The molecule has 4 atom stereocenters. The molecule has 1 aliphatic heterocycles. The molecule has 3 aliphatic rings. The minimum absolute atomic E-state index is 0.0290. The summed E-state index contributed by atoms with van der Waals surface area (Å²) in [6.07, 6.45) is 3.15. The first-order valence-corrected chi connectivity index (χ1v) is 9.66. The number of aliphatic hydroxyl groups is 1. The number of nitrogens with one attached hydrogen (secondary N) is 1. The summed E-state index contributed by atoms with van der Waals surface area (Å²) in [6, 6.07) is 4.83. The monoisotopic (exact) mass is 339 g/mol. The molecule has 0 radical (unpaired) electrons. The number of benzene rings is 1. The summed E-state index contributed by atoms with van der Waals surface area (Å²) in [5, 5.41) is 9.61. The Kier molecular flexibility index (Phi) is 3.44. The number of hydrogen-bond donors (Lipinski definition) is 2. The van der Waals surface area contributed by atoms with Crippen LogP contribution in [-0.4, -0.2) is 26.2 Å². The largest absolute Gasteiger partial charge is 0.396 e. The number of nitrogens with zero attached hydrogens (tertiary/aromatic N) is 2. The highest BCUT2D eigenvalue weighted by molar-refractivity contribution is 7.89. The quantitative estimate of drug-likeness (QED) is 0.893. The highest BCUT2D eigenvalue weighted by Gasteiger charge is 2.48. The molecule has 0 amide bonds. The second kappa shape index (κ2) is 5.23. The van der Waals surface area contributed by atoms with E-state index in [0.29, 0.717) is 23.2 Å². The summed E-state index contributed by atoms with van der Waals surface area (Å²) < 4.78 is 36.6. The van der Waals surface area contributed by atoms with E-state index in [1.165, 1.54) is 0 Å². The van der Waals surface area contributed by atoms with Gasteiger partial charge in [0.2, 0.25) is 10.0 Å². The van der Waals surface area contributed by atoms with Crippen LogP contribution in [0, 0.1) is 17.8 Å². The van der Waals surface area contributed by atoms with Gasteiger partial charge in [0, 0.05) is 18.6 Å². The van der Waals surface area contributed by atoms with Crippen LogP contribution in [0.2, 0.25) is 0 Å². The Balaban J connectivity index is 1.66. The third kappa shape index (κ3) is 2.17. The third-order valence-corrected chi connectivity index (χ3v) is 7.16. The summed E-state index contributed by atoms with van der Waals surface area (Å²) in [4.78, 5) is 0.179. The molecular weight excluding hydrogens is 322 g/mol. The van der Waals surface area contributed by atoms with Crippen LogP contribution >= 0.6 is 0 Å². The van der Waals surface area contributed by atoms with Crippen LogP contribution < -0.4 is 4.72 Å². The van der Waals surface area contributed by atoms with Crippen molar-refractivity contribution in [2.75, 3.05) is 6.61 Å². The SMILES string of the molecule is O=S(=O)(N[C@@H]1[C@H]2CC[C@@H](C2)[C@H]1CO)c1cccc2c1N=S=N2. The average Bonchev–Trinajstić information content (AvgIpc) is 3.21. The fraction of sp³-hybridized carbons (Fsp3) is 0.571. The highest BCUT2D eigenvalue weighted by Crippen LogP contribution is 2.49. The van der Waals surface area contributed by atoms with Crippen molar-refractivity contribution < 1.29 is 13.5 Å². The summed E-state index contributed by atoms with van der Waals surface area (Å²) in [6.45, 7) is 0.0385. The van der Waals surface area contributed by atoms with Gasteiger partial charge in [0.15, 0.2) is 0 Å². The predicted molar refractivity (Wildman–Crippen MR) is 83.5 cm³/mol. The Morgan fingerprint density at radius 3 is 2.91 bits per heavy atom. The fourth-order valence-corrected chi connectivity index (χ4v) is 6.22. The summed E-state index contributed by atoms with van der Waals surface area (Å²) >= 11 is 1.01. The fourth-order valence-electron chi connectivity index (χ4n) is 4.10. The van der Waals surface area contributed by atoms with E-state index in [2.05, 4.69) is 13.4 Å². The van der Waals surface area contributed by atoms with E-state index >= 15 is 0 Å². The Hall–Kier alpha value is -1.09. The van der Waals surface area contributed by atoms with E-state index < -0.39 is 10.0 Å². The molecule has 2 saturated carbocycles. The van der Waals surface area contributed by atoms with E-state index in [0.717, 1.165) is 30.6 Å². The van der Waals surface area contributed by atoms with Crippen LogP contribution in [-0.2, 0) is 21.4 Å². The van der Waals surface area contributed by atoms with Gasteiger partial charge < -0.3 is 5.11 Å². The number of aliphatic hydroxyl groups excluding tert-OH is 1. The number of fused-ring (bicyclic) bond motifs is 3. The molecule has 4 rings (SSSR count). The molecule has 1 aromatic rings. The molecule has 0 aromatic heterocycles.